The summed E-state index contributed by atoms with van der Waals surface area (Å²) in [5, 5.41) is 6.36. The van der Waals surface area contributed by atoms with Gasteiger partial charge in [0.1, 0.15) is 0 Å². The summed E-state index contributed by atoms with van der Waals surface area (Å²) in [5.74, 6) is 0.765. The Balaban J connectivity index is 2.10. The van der Waals surface area contributed by atoms with Crippen LogP contribution in [0.1, 0.15) is 46.5 Å². The molecular formula is C13H26N2O. The summed E-state index contributed by atoms with van der Waals surface area (Å²) in [5.41, 5.74) is 0.305. The maximum absolute atomic E-state index is 11.7. The monoisotopic (exact) mass is 226 g/mol. The van der Waals surface area contributed by atoms with Gasteiger partial charge < -0.3 is 10.6 Å². The van der Waals surface area contributed by atoms with E-state index >= 15 is 0 Å². The normalized spacial score (nSPS) is 21.8. The van der Waals surface area contributed by atoms with Crippen molar-refractivity contribution in [3.05, 3.63) is 0 Å². The Labute approximate surface area is 99.4 Å². The molecule has 1 heterocycles. The molecule has 0 aliphatic carbocycles. The zero-order valence-electron chi connectivity index (χ0n) is 10.9. The van der Waals surface area contributed by atoms with Gasteiger partial charge in [-0.15, -0.1) is 0 Å². The molecule has 0 bridgehead atoms. The molecule has 16 heavy (non-hydrogen) atoms. The minimum absolute atomic E-state index is 0.220. The lowest BCUT2D eigenvalue weighted by Gasteiger charge is -2.23. The highest BCUT2D eigenvalue weighted by molar-refractivity contribution is 5.76. The SMILES string of the molecule is CC(C)(C)CCNC(=O)CC1CCCNC1. The highest BCUT2D eigenvalue weighted by Gasteiger charge is 2.17. The lowest BCUT2D eigenvalue weighted by atomic mass is 9.92. The molecule has 3 nitrogen and oxygen atoms in total. The molecule has 0 spiro atoms. The summed E-state index contributed by atoms with van der Waals surface area (Å²) < 4.78 is 0. The van der Waals surface area contributed by atoms with Crippen molar-refractivity contribution in [2.24, 2.45) is 11.3 Å². The zero-order valence-corrected chi connectivity index (χ0v) is 10.9. The van der Waals surface area contributed by atoms with Crippen LogP contribution in [0, 0.1) is 11.3 Å². The quantitative estimate of drug-likeness (QED) is 0.769. The first kappa shape index (κ1) is 13.5. The van der Waals surface area contributed by atoms with E-state index in [1.165, 1.54) is 12.8 Å². The first-order valence-corrected chi connectivity index (χ1v) is 6.45. The molecule has 1 fully saturated rings. The van der Waals surface area contributed by atoms with Crippen LogP contribution in [-0.2, 0) is 4.79 Å². The van der Waals surface area contributed by atoms with E-state index in [0.29, 0.717) is 17.8 Å². The first-order chi connectivity index (χ1) is 7.47. The number of amides is 1. The number of nitrogens with one attached hydrogen (secondary N) is 2. The van der Waals surface area contributed by atoms with Crippen molar-refractivity contribution in [2.45, 2.75) is 46.5 Å². The average Bonchev–Trinajstić information content (AvgIpc) is 2.17. The Kier molecular flexibility index (Phi) is 5.26. The van der Waals surface area contributed by atoms with E-state index in [-0.39, 0.29) is 5.91 Å². The lowest BCUT2D eigenvalue weighted by molar-refractivity contribution is -0.122. The zero-order chi connectivity index (χ0) is 12.0. The van der Waals surface area contributed by atoms with Gasteiger partial charge in [-0.2, -0.15) is 0 Å². The van der Waals surface area contributed by atoms with E-state index < -0.39 is 0 Å². The smallest absolute Gasteiger partial charge is 0.220 e. The molecule has 0 aromatic heterocycles. The topological polar surface area (TPSA) is 41.1 Å². The van der Waals surface area contributed by atoms with Crippen molar-refractivity contribution >= 4 is 5.91 Å². The van der Waals surface area contributed by atoms with E-state index in [4.69, 9.17) is 0 Å². The predicted molar refractivity (Wildman–Crippen MR) is 67.3 cm³/mol. The molecule has 1 atom stereocenters. The van der Waals surface area contributed by atoms with Crippen molar-refractivity contribution in [1.29, 1.82) is 0 Å². The summed E-state index contributed by atoms with van der Waals surface area (Å²) in [6, 6.07) is 0. The van der Waals surface area contributed by atoms with Crippen LogP contribution in [0.2, 0.25) is 0 Å². The molecule has 1 unspecified atom stereocenters. The van der Waals surface area contributed by atoms with E-state index in [2.05, 4.69) is 31.4 Å². The molecule has 1 rings (SSSR count). The van der Waals surface area contributed by atoms with Crippen LogP contribution >= 0.6 is 0 Å². The minimum Gasteiger partial charge on any atom is -0.356 e. The molecule has 1 saturated heterocycles. The van der Waals surface area contributed by atoms with Gasteiger partial charge in [-0.05, 0) is 43.7 Å². The molecule has 0 aromatic rings. The summed E-state index contributed by atoms with van der Waals surface area (Å²) in [6.07, 6.45) is 4.14. The van der Waals surface area contributed by atoms with Crippen LogP contribution in [0.15, 0.2) is 0 Å². The standard InChI is InChI=1S/C13H26N2O/c1-13(2,3)6-8-15-12(16)9-11-5-4-7-14-10-11/h11,14H,4-10H2,1-3H3,(H,15,16). The summed E-state index contributed by atoms with van der Waals surface area (Å²) in [4.78, 5) is 11.7. The molecule has 0 saturated carbocycles. The molecule has 1 amide bonds. The van der Waals surface area contributed by atoms with E-state index in [1.54, 1.807) is 0 Å². The number of carbonyl (C=O) groups excluding carboxylic acids is 1. The van der Waals surface area contributed by atoms with Crippen molar-refractivity contribution in [3.8, 4) is 0 Å². The number of carbonyl (C=O) groups is 1. The van der Waals surface area contributed by atoms with Gasteiger partial charge in [0, 0.05) is 13.0 Å². The fourth-order valence-electron chi connectivity index (χ4n) is 2.01. The van der Waals surface area contributed by atoms with Crippen LogP contribution in [0.4, 0.5) is 0 Å². The number of piperidine rings is 1. The van der Waals surface area contributed by atoms with Gasteiger partial charge in [-0.1, -0.05) is 20.8 Å². The lowest BCUT2D eigenvalue weighted by Crippen LogP contribution is -2.35. The van der Waals surface area contributed by atoms with Gasteiger partial charge >= 0.3 is 0 Å². The van der Waals surface area contributed by atoms with E-state index in [0.717, 1.165) is 26.1 Å². The van der Waals surface area contributed by atoms with Crippen LogP contribution in [-0.4, -0.2) is 25.5 Å². The van der Waals surface area contributed by atoms with E-state index in [9.17, 15) is 4.79 Å². The average molecular weight is 226 g/mol. The summed E-state index contributed by atoms with van der Waals surface area (Å²) in [6.45, 7) is 9.52. The highest BCUT2D eigenvalue weighted by atomic mass is 16.1. The molecule has 94 valence electrons. The van der Waals surface area contributed by atoms with Gasteiger partial charge in [0.05, 0.1) is 0 Å². The van der Waals surface area contributed by atoms with Gasteiger partial charge in [0.15, 0.2) is 0 Å². The Morgan fingerprint density at radius 2 is 2.19 bits per heavy atom. The fourth-order valence-corrected chi connectivity index (χ4v) is 2.01. The Morgan fingerprint density at radius 3 is 2.75 bits per heavy atom. The highest BCUT2D eigenvalue weighted by Crippen LogP contribution is 2.17. The van der Waals surface area contributed by atoms with Crippen molar-refractivity contribution < 1.29 is 4.79 Å². The fraction of sp³-hybridized carbons (Fsp3) is 0.923. The van der Waals surface area contributed by atoms with Gasteiger partial charge in [-0.25, -0.2) is 0 Å². The molecule has 1 aliphatic rings. The second kappa shape index (κ2) is 6.24. The molecule has 2 N–H and O–H groups in total. The second-order valence-electron chi connectivity index (χ2n) is 6.08. The first-order valence-electron chi connectivity index (χ1n) is 6.45. The minimum atomic E-state index is 0.220. The maximum atomic E-state index is 11.7. The number of rotatable bonds is 4. The Bertz CT molecular complexity index is 214. The summed E-state index contributed by atoms with van der Waals surface area (Å²) >= 11 is 0. The molecule has 1 aliphatic heterocycles. The van der Waals surface area contributed by atoms with Gasteiger partial charge in [0.25, 0.3) is 0 Å². The van der Waals surface area contributed by atoms with Crippen molar-refractivity contribution in [2.75, 3.05) is 19.6 Å². The third kappa shape index (κ3) is 6.11. The van der Waals surface area contributed by atoms with E-state index in [1.807, 2.05) is 0 Å². The molecule has 3 heteroatoms. The molecular weight excluding hydrogens is 200 g/mol. The number of hydrogen-bond donors (Lipinski definition) is 2. The number of hydrogen-bond acceptors (Lipinski definition) is 2. The van der Waals surface area contributed by atoms with Crippen LogP contribution in [0.3, 0.4) is 0 Å². The third-order valence-electron chi connectivity index (χ3n) is 3.07. The van der Waals surface area contributed by atoms with Gasteiger partial charge in [-0.3, -0.25) is 4.79 Å². The van der Waals surface area contributed by atoms with Crippen LogP contribution in [0.5, 0.6) is 0 Å². The molecule has 0 radical (unpaired) electrons. The van der Waals surface area contributed by atoms with Crippen LogP contribution in [0.25, 0.3) is 0 Å². The largest absolute Gasteiger partial charge is 0.356 e. The van der Waals surface area contributed by atoms with Crippen molar-refractivity contribution in [1.82, 2.24) is 10.6 Å². The predicted octanol–water partition coefficient (Wildman–Crippen LogP) is 1.93. The summed E-state index contributed by atoms with van der Waals surface area (Å²) in [7, 11) is 0. The molecule has 0 aromatic carbocycles. The maximum Gasteiger partial charge on any atom is 0.220 e. The van der Waals surface area contributed by atoms with Crippen molar-refractivity contribution in [3.63, 3.8) is 0 Å². The Hall–Kier alpha value is -0.570. The second-order valence-corrected chi connectivity index (χ2v) is 6.08. The van der Waals surface area contributed by atoms with Gasteiger partial charge in [0.2, 0.25) is 5.91 Å². The van der Waals surface area contributed by atoms with Crippen LogP contribution < -0.4 is 10.6 Å². The third-order valence-corrected chi connectivity index (χ3v) is 3.07. The Morgan fingerprint density at radius 1 is 1.44 bits per heavy atom.